The summed E-state index contributed by atoms with van der Waals surface area (Å²) in [6.07, 6.45) is 5.97. The van der Waals surface area contributed by atoms with Crippen molar-refractivity contribution in [1.82, 2.24) is 15.1 Å². The summed E-state index contributed by atoms with van der Waals surface area (Å²) >= 11 is 6.19. The van der Waals surface area contributed by atoms with Gasteiger partial charge >= 0.3 is 0 Å². The van der Waals surface area contributed by atoms with Crippen LogP contribution < -0.4 is 5.32 Å². The van der Waals surface area contributed by atoms with Crippen molar-refractivity contribution < 1.29 is 0 Å². The van der Waals surface area contributed by atoms with Gasteiger partial charge in [0.2, 0.25) is 0 Å². The minimum atomic E-state index is 0.293. The highest BCUT2D eigenvalue weighted by atomic mass is 35.5. The topological polar surface area (TPSA) is 29.9 Å². The second-order valence-electron chi connectivity index (χ2n) is 3.85. The van der Waals surface area contributed by atoms with E-state index >= 15 is 0 Å². The summed E-state index contributed by atoms with van der Waals surface area (Å²) in [5.41, 5.74) is 1.91. The van der Waals surface area contributed by atoms with Crippen LogP contribution in [-0.4, -0.2) is 15.8 Å². The minimum Gasteiger partial charge on any atom is -0.308 e. The molecular formula is C12H18ClN3. The Hall–Kier alpha value is -0.980. The van der Waals surface area contributed by atoms with E-state index in [1.165, 1.54) is 0 Å². The predicted molar refractivity (Wildman–Crippen MR) is 67.4 cm³/mol. The van der Waals surface area contributed by atoms with Crippen LogP contribution >= 0.6 is 11.6 Å². The van der Waals surface area contributed by atoms with E-state index in [4.69, 9.17) is 18.0 Å². The lowest BCUT2D eigenvalue weighted by atomic mass is 10.2. The third kappa shape index (κ3) is 3.01. The van der Waals surface area contributed by atoms with Gasteiger partial charge in [-0.3, -0.25) is 4.68 Å². The third-order valence-electron chi connectivity index (χ3n) is 2.49. The first-order chi connectivity index (χ1) is 7.60. The summed E-state index contributed by atoms with van der Waals surface area (Å²) < 4.78 is 1.92. The Morgan fingerprint density at radius 3 is 2.88 bits per heavy atom. The molecular weight excluding hydrogens is 222 g/mol. The molecule has 0 aliphatic carbocycles. The van der Waals surface area contributed by atoms with Crippen molar-refractivity contribution in [2.45, 2.75) is 46.3 Å². The lowest BCUT2D eigenvalue weighted by molar-refractivity contribution is 0.523. The van der Waals surface area contributed by atoms with Gasteiger partial charge in [-0.15, -0.1) is 12.3 Å². The van der Waals surface area contributed by atoms with E-state index in [2.05, 4.69) is 30.2 Å². The Labute approximate surface area is 102 Å². The van der Waals surface area contributed by atoms with Crippen LogP contribution in [-0.2, 0) is 13.1 Å². The van der Waals surface area contributed by atoms with Gasteiger partial charge in [-0.05, 0) is 20.8 Å². The van der Waals surface area contributed by atoms with Crippen LogP contribution in [0.4, 0.5) is 0 Å². The SMILES string of the molecule is C#CCC(C)NCc1c(Cl)c(C)nn1CC. The summed E-state index contributed by atoms with van der Waals surface area (Å²) in [5, 5.41) is 8.45. The molecule has 0 aliphatic rings. The molecule has 0 fully saturated rings. The maximum atomic E-state index is 6.19. The van der Waals surface area contributed by atoms with Crippen LogP contribution in [0, 0.1) is 19.3 Å². The molecule has 1 unspecified atom stereocenters. The summed E-state index contributed by atoms with van der Waals surface area (Å²) in [6.45, 7) is 7.57. The summed E-state index contributed by atoms with van der Waals surface area (Å²) in [4.78, 5) is 0. The van der Waals surface area contributed by atoms with Crippen molar-refractivity contribution in [3.05, 3.63) is 16.4 Å². The number of hydrogen-bond acceptors (Lipinski definition) is 2. The zero-order valence-corrected chi connectivity index (χ0v) is 10.8. The van der Waals surface area contributed by atoms with E-state index in [0.29, 0.717) is 12.6 Å². The van der Waals surface area contributed by atoms with Crippen molar-refractivity contribution in [3.63, 3.8) is 0 Å². The number of aromatic nitrogens is 2. The lowest BCUT2D eigenvalue weighted by Gasteiger charge is -2.11. The summed E-state index contributed by atoms with van der Waals surface area (Å²) in [7, 11) is 0. The molecule has 0 bridgehead atoms. The van der Waals surface area contributed by atoms with Gasteiger partial charge in [-0.1, -0.05) is 11.6 Å². The second-order valence-corrected chi connectivity index (χ2v) is 4.23. The second kappa shape index (κ2) is 5.93. The van der Waals surface area contributed by atoms with Gasteiger partial charge in [0.1, 0.15) is 0 Å². The zero-order chi connectivity index (χ0) is 12.1. The van der Waals surface area contributed by atoms with Gasteiger partial charge in [0.05, 0.1) is 16.4 Å². The first-order valence-electron chi connectivity index (χ1n) is 5.48. The largest absolute Gasteiger partial charge is 0.308 e. The quantitative estimate of drug-likeness (QED) is 0.800. The van der Waals surface area contributed by atoms with Crippen LogP contribution in [0.3, 0.4) is 0 Å². The number of nitrogens with one attached hydrogen (secondary N) is 1. The molecule has 0 radical (unpaired) electrons. The molecule has 88 valence electrons. The standard InChI is InChI=1S/C12H18ClN3/c1-5-7-9(3)14-8-11-12(13)10(4)15-16(11)6-2/h1,9,14H,6-8H2,2-4H3. The van der Waals surface area contributed by atoms with Gasteiger partial charge in [-0.25, -0.2) is 0 Å². The van der Waals surface area contributed by atoms with E-state index in [-0.39, 0.29) is 0 Å². The van der Waals surface area contributed by atoms with E-state index < -0.39 is 0 Å². The fraction of sp³-hybridized carbons (Fsp3) is 0.583. The summed E-state index contributed by atoms with van der Waals surface area (Å²) in [6, 6.07) is 0.293. The molecule has 1 aromatic heterocycles. The first-order valence-corrected chi connectivity index (χ1v) is 5.86. The molecule has 1 aromatic rings. The molecule has 0 aliphatic heterocycles. The normalized spacial score (nSPS) is 12.4. The van der Waals surface area contributed by atoms with Crippen LogP contribution in [0.15, 0.2) is 0 Å². The molecule has 1 heterocycles. The third-order valence-corrected chi connectivity index (χ3v) is 2.99. The molecule has 1 atom stereocenters. The Morgan fingerprint density at radius 2 is 2.31 bits per heavy atom. The molecule has 0 spiro atoms. The Bertz CT molecular complexity index is 390. The maximum absolute atomic E-state index is 6.19. The first kappa shape index (κ1) is 13.1. The monoisotopic (exact) mass is 239 g/mol. The molecule has 0 amide bonds. The van der Waals surface area contributed by atoms with Gasteiger partial charge in [-0.2, -0.15) is 5.10 Å². The minimum absolute atomic E-state index is 0.293. The van der Waals surface area contributed by atoms with E-state index in [9.17, 15) is 0 Å². The summed E-state index contributed by atoms with van der Waals surface area (Å²) in [5.74, 6) is 2.63. The number of halogens is 1. The highest BCUT2D eigenvalue weighted by Gasteiger charge is 2.12. The average Bonchev–Trinajstić information content (AvgIpc) is 2.53. The lowest BCUT2D eigenvalue weighted by Crippen LogP contribution is -2.26. The van der Waals surface area contributed by atoms with E-state index in [1.54, 1.807) is 0 Å². The predicted octanol–water partition coefficient (Wildman–Crippen LogP) is 2.37. The van der Waals surface area contributed by atoms with Crippen LogP contribution in [0.1, 0.15) is 31.7 Å². The number of rotatable bonds is 5. The Balaban J connectivity index is 2.70. The Morgan fingerprint density at radius 1 is 1.62 bits per heavy atom. The van der Waals surface area contributed by atoms with Crippen LogP contribution in [0.5, 0.6) is 0 Å². The molecule has 4 heteroatoms. The van der Waals surface area contributed by atoms with Crippen molar-refractivity contribution >= 4 is 11.6 Å². The number of hydrogen-bond donors (Lipinski definition) is 1. The van der Waals surface area contributed by atoms with E-state index in [0.717, 1.165) is 29.4 Å². The van der Waals surface area contributed by atoms with Gasteiger partial charge < -0.3 is 5.32 Å². The molecule has 0 saturated heterocycles. The van der Waals surface area contributed by atoms with Crippen molar-refractivity contribution in [2.24, 2.45) is 0 Å². The zero-order valence-electron chi connectivity index (χ0n) is 10.0. The number of terminal acetylenes is 1. The smallest absolute Gasteiger partial charge is 0.0860 e. The maximum Gasteiger partial charge on any atom is 0.0860 e. The average molecular weight is 240 g/mol. The van der Waals surface area contributed by atoms with E-state index in [1.807, 2.05) is 11.6 Å². The van der Waals surface area contributed by atoms with Crippen LogP contribution in [0.25, 0.3) is 0 Å². The fourth-order valence-electron chi connectivity index (χ4n) is 1.56. The molecule has 16 heavy (non-hydrogen) atoms. The highest BCUT2D eigenvalue weighted by molar-refractivity contribution is 6.31. The number of aryl methyl sites for hydroxylation is 2. The molecule has 0 aromatic carbocycles. The molecule has 1 N–H and O–H groups in total. The molecule has 1 rings (SSSR count). The highest BCUT2D eigenvalue weighted by Crippen LogP contribution is 2.20. The van der Waals surface area contributed by atoms with Gasteiger partial charge in [0, 0.05) is 25.6 Å². The van der Waals surface area contributed by atoms with Crippen LogP contribution in [0.2, 0.25) is 5.02 Å². The van der Waals surface area contributed by atoms with Crippen molar-refractivity contribution in [3.8, 4) is 12.3 Å². The fourth-order valence-corrected chi connectivity index (χ4v) is 1.76. The van der Waals surface area contributed by atoms with Gasteiger partial charge in [0.15, 0.2) is 0 Å². The van der Waals surface area contributed by atoms with Gasteiger partial charge in [0.25, 0.3) is 0 Å². The number of nitrogens with zero attached hydrogens (tertiary/aromatic N) is 2. The molecule has 0 saturated carbocycles. The Kier molecular flexibility index (Phi) is 4.85. The van der Waals surface area contributed by atoms with Crippen molar-refractivity contribution in [1.29, 1.82) is 0 Å². The molecule has 3 nitrogen and oxygen atoms in total. The van der Waals surface area contributed by atoms with Crippen molar-refractivity contribution in [2.75, 3.05) is 0 Å².